The Kier molecular flexibility index (Phi) is 4.45. The molecule has 0 aliphatic carbocycles. The molecule has 2 aliphatic rings. The summed E-state index contributed by atoms with van der Waals surface area (Å²) < 4.78 is 4.72. The molecular formula is C19H21NO5. The van der Waals surface area contributed by atoms with Gasteiger partial charge in [0, 0.05) is 7.05 Å². The molecule has 0 N–H and O–H groups in total. The predicted octanol–water partition coefficient (Wildman–Crippen LogP) is 1.75. The monoisotopic (exact) mass is 343 g/mol. The summed E-state index contributed by atoms with van der Waals surface area (Å²) >= 11 is 0. The van der Waals surface area contributed by atoms with Crippen LogP contribution in [-0.2, 0) is 23.9 Å². The third-order valence-electron chi connectivity index (χ3n) is 5.49. The van der Waals surface area contributed by atoms with Gasteiger partial charge in [-0.05, 0) is 17.9 Å². The summed E-state index contributed by atoms with van der Waals surface area (Å²) in [4.78, 5) is 50.6. The fraction of sp³-hybridized carbons (Fsp3) is 0.474. The number of cyclic esters (lactones) is 2. The summed E-state index contributed by atoms with van der Waals surface area (Å²) in [5.41, 5.74) is 0.946. The Morgan fingerprint density at radius 2 is 1.64 bits per heavy atom. The lowest BCUT2D eigenvalue weighted by molar-refractivity contribution is -0.155. The van der Waals surface area contributed by atoms with Crippen LogP contribution in [0.25, 0.3) is 0 Å². The molecule has 25 heavy (non-hydrogen) atoms. The van der Waals surface area contributed by atoms with Crippen molar-refractivity contribution >= 4 is 23.8 Å². The number of ether oxygens (including phenoxy) is 1. The number of hydrogen-bond donors (Lipinski definition) is 0. The minimum Gasteiger partial charge on any atom is -0.393 e. The summed E-state index contributed by atoms with van der Waals surface area (Å²) in [6.07, 6.45) is 0.641. The fourth-order valence-electron chi connectivity index (χ4n) is 4.13. The first kappa shape index (κ1) is 17.3. The summed E-state index contributed by atoms with van der Waals surface area (Å²) in [7, 11) is 1.43. The van der Waals surface area contributed by atoms with E-state index in [1.54, 1.807) is 6.92 Å². The molecule has 0 bridgehead atoms. The number of amides is 2. The summed E-state index contributed by atoms with van der Waals surface area (Å²) in [5.74, 6) is -5.41. The van der Waals surface area contributed by atoms with Gasteiger partial charge in [0.15, 0.2) is 0 Å². The van der Waals surface area contributed by atoms with Gasteiger partial charge >= 0.3 is 11.9 Å². The minimum absolute atomic E-state index is 0.205. The highest BCUT2D eigenvalue weighted by molar-refractivity contribution is 6.08. The van der Waals surface area contributed by atoms with Gasteiger partial charge in [-0.1, -0.05) is 44.2 Å². The van der Waals surface area contributed by atoms with Gasteiger partial charge < -0.3 is 4.74 Å². The Bertz CT molecular complexity index is 729. The van der Waals surface area contributed by atoms with Gasteiger partial charge in [-0.2, -0.15) is 0 Å². The number of carbonyl (C=O) groups is 4. The molecular weight excluding hydrogens is 322 g/mol. The summed E-state index contributed by atoms with van der Waals surface area (Å²) in [6, 6.07) is 9.49. The molecule has 0 spiro atoms. The normalized spacial score (nSPS) is 30.8. The second-order valence-corrected chi connectivity index (χ2v) is 6.77. The maximum Gasteiger partial charge on any atom is 0.318 e. The van der Waals surface area contributed by atoms with E-state index in [0.717, 1.165) is 10.5 Å². The van der Waals surface area contributed by atoms with E-state index in [0.29, 0.717) is 6.42 Å². The van der Waals surface area contributed by atoms with Crippen LogP contribution in [0.1, 0.15) is 31.7 Å². The molecule has 0 radical (unpaired) electrons. The number of likely N-dealkylation sites (tertiary alicyclic amines) is 1. The standard InChI is InChI=1S/C19H21NO5/c1-4-12(11-8-6-5-7-9-11)14-15(17(22)20(3)16(14)21)13-10(2)18(23)25-19(13)24/h5-10,12-15H,4H2,1-3H3. The first-order valence-corrected chi connectivity index (χ1v) is 8.50. The Balaban J connectivity index is 2.05. The molecule has 1 aromatic rings. The number of benzene rings is 1. The number of carbonyl (C=O) groups excluding carboxylic acids is 4. The Morgan fingerprint density at radius 1 is 1.00 bits per heavy atom. The SMILES string of the molecule is CCC(c1ccccc1)C1C(=O)N(C)C(=O)C1C1C(=O)OC(=O)C1C. The van der Waals surface area contributed by atoms with Crippen LogP contribution in [0.15, 0.2) is 30.3 Å². The highest BCUT2D eigenvalue weighted by Gasteiger charge is 2.59. The van der Waals surface area contributed by atoms with E-state index in [2.05, 4.69) is 0 Å². The van der Waals surface area contributed by atoms with Crippen molar-refractivity contribution in [1.29, 1.82) is 0 Å². The van der Waals surface area contributed by atoms with E-state index in [-0.39, 0.29) is 11.8 Å². The van der Waals surface area contributed by atoms with Crippen molar-refractivity contribution in [3.8, 4) is 0 Å². The van der Waals surface area contributed by atoms with Crippen molar-refractivity contribution in [2.24, 2.45) is 23.7 Å². The second-order valence-electron chi connectivity index (χ2n) is 6.77. The van der Waals surface area contributed by atoms with Crippen molar-refractivity contribution in [2.45, 2.75) is 26.2 Å². The van der Waals surface area contributed by atoms with Gasteiger partial charge in [0.05, 0.1) is 23.7 Å². The van der Waals surface area contributed by atoms with Crippen LogP contribution in [0.3, 0.4) is 0 Å². The highest BCUT2D eigenvalue weighted by atomic mass is 16.6. The van der Waals surface area contributed by atoms with E-state index < -0.39 is 41.5 Å². The highest BCUT2D eigenvalue weighted by Crippen LogP contribution is 2.46. The van der Waals surface area contributed by atoms with Gasteiger partial charge in [0.2, 0.25) is 11.8 Å². The van der Waals surface area contributed by atoms with Crippen molar-refractivity contribution in [3.63, 3.8) is 0 Å². The lowest BCUT2D eigenvalue weighted by atomic mass is 9.70. The van der Waals surface area contributed by atoms with Gasteiger partial charge in [0.1, 0.15) is 0 Å². The van der Waals surface area contributed by atoms with Crippen LogP contribution in [0.5, 0.6) is 0 Å². The van der Waals surface area contributed by atoms with Crippen molar-refractivity contribution in [3.05, 3.63) is 35.9 Å². The average molecular weight is 343 g/mol. The largest absolute Gasteiger partial charge is 0.393 e. The Labute approximate surface area is 146 Å². The molecule has 2 amide bonds. The Morgan fingerprint density at radius 3 is 2.16 bits per heavy atom. The number of nitrogens with zero attached hydrogens (tertiary/aromatic N) is 1. The number of esters is 2. The van der Waals surface area contributed by atoms with Crippen LogP contribution < -0.4 is 0 Å². The first-order valence-electron chi connectivity index (χ1n) is 8.50. The van der Waals surface area contributed by atoms with Crippen molar-refractivity contribution in [1.82, 2.24) is 4.90 Å². The summed E-state index contributed by atoms with van der Waals surface area (Å²) in [5, 5.41) is 0. The molecule has 132 valence electrons. The van der Waals surface area contributed by atoms with Gasteiger partial charge in [-0.15, -0.1) is 0 Å². The quantitative estimate of drug-likeness (QED) is 0.473. The van der Waals surface area contributed by atoms with E-state index in [1.807, 2.05) is 37.3 Å². The zero-order valence-electron chi connectivity index (χ0n) is 14.5. The smallest absolute Gasteiger partial charge is 0.318 e. The molecule has 0 saturated carbocycles. The second kappa shape index (κ2) is 6.43. The molecule has 2 saturated heterocycles. The molecule has 6 nitrogen and oxygen atoms in total. The maximum absolute atomic E-state index is 12.8. The van der Waals surface area contributed by atoms with Crippen LogP contribution >= 0.6 is 0 Å². The van der Waals surface area contributed by atoms with Crippen LogP contribution in [0.2, 0.25) is 0 Å². The van der Waals surface area contributed by atoms with E-state index >= 15 is 0 Å². The summed E-state index contributed by atoms with van der Waals surface area (Å²) in [6.45, 7) is 3.53. The minimum atomic E-state index is -0.906. The molecule has 2 heterocycles. The fourth-order valence-corrected chi connectivity index (χ4v) is 4.13. The predicted molar refractivity (Wildman–Crippen MR) is 88.0 cm³/mol. The first-order chi connectivity index (χ1) is 11.9. The number of imide groups is 1. The topological polar surface area (TPSA) is 80.8 Å². The molecule has 2 aliphatic heterocycles. The molecule has 3 rings (SSSR count). The van der Waals surface area contributed by atoms with Crippen LogP contribution in [0, 0.1) is 23.7 Å². The van der Waals surface area contributed by atoms with Crippen molar-refractivity contribution < 1.29 is 23.9 Å². The molecule has 2 fully saturated rings. The van der Waals surface area contributed by atoms with E-state index in [1.165, 1.54) is 7.05 Å². The molecule has 0 aromatic heterocycles. The lowest BCUT2D eigenvalue weighted by Gasteiger charge is -2.27. The van der Waals surface area contributed by atoms with Crippen LogP contribution in [-0.4, -0.2) is 35.7 Å². The van der Waals surface area contributed by atoms with Gasteiger partial charge in [-0.3, -0.25) is 24.1 Å². The molecule has 5 atom stereocenters. The van der Waals surface area contributed by atoms with E-state index in [4.69, 9.17) is 4.74 Å². The molecule has 6 heteroatoms. The third kappa shape index (κ3) is 2.65. The van der Waals surface area contributed by atoms with Crippen molar-refractivity contribution in [2.75, 3.05) is 7.05 Å². The molecule has 5 unspecified atom stereocenters. The molecule has 1 aromatic carbocycles. The zero-order chi connectivity index (χ0) is 18.3. The lowest BCUT2D eigenvalue weighted by Crippen LogP contribution is -2.36. The van der Waals surface area contributed by atoms with Gasteiger partial charge in [-0.25, -0.2) is 0 Å². The number of rotatable bonds is 4. The van der Waals surface area contributed by atoms with Crippen LogP contribution in [0.4, 0.5) is 0 Å². The zero-order valence-corrected chi connectivity index (χ0v) is 14.5. The maximum atomic E-state index is 12.8. The Hall–Kier alpha value is -2.50. The third-order valence-corrected chi connectivity index (χ3v) is 5.49. The van der Waals surface area contributed by atoms with Gasteiger partial charge in [0.25, 0.3) is 0 Å². The average Bonchev–Trinajstić information content (AvgIpc) is 2.97. The number of hydrogen-bond acceptors (Lipinski definition) is 5. The van der Waals surface area contributed by atoms with E-state index in [9.17, 15) is 19.2 Å².